The van der Waals surface area contributed by atoms with Crippen LogP contribution in [0.15, 0.2) is 53.5 Å². The van der Waals surface area contributed by atoms with Crippen molar-refractivity contribution in [2.24, 2.45) is 5.92 Å². The third kappa shape index (κ3) is 3.54. The zero-order valence-electron chi connectivity index (χ0n) is 14.3. The number of fused-ring (bicyclic) bond motifs is 1. The highest BCUT2D eigenvalue weighted by molar-refractivity contribution is 5.79. The summed E-state index contributed by atoms with van der Waals surface area (Å²) in [5.74, 6) is 0.398. The van der Waals surface area contributed by atoms with Crippen molar-refractivity contribution in [1.29, 1.82) is 0 Å². The minimum Gasteiger partial charge on any atom is -0.357 e. The third-order valence-electron chi connectivity index (χ3n) is 4.23. The second-order valence-electron chi connectivity index (χ2n) is 6.57. The number of hydrogen-bond donors (Lipinski definition) is 2. The molecule has 0 spiro atoms. The van der Waals surface area contributed by atoms with Crippen LogP contribution in [-0.2, 0) is 6.54 Å². The summed E-state index contributed by atoms with van der Waals surface area (Å²) in [5.41, 5.74) is 3.94. The molecule has 3 rings (SSSR count). The van der Waals surface area contributed by atoms with Crippen molar-refractivity contribution in [3.05, 3.63) is 75.8 Å². The van der Waals surface area contributed by atoms with E-state index in [1.165, 1.54) is 0 Å². The molecule has 4 heteroatoms. The number of rotatable bonds is 5. The fourth-order valence-electron chi connectivity index (χ4n) is 2.97. The zero-order chi connectivity index (χ0) is 17.1. The van der Waals surface area contributed by atoms with E-state index in [1.807, 2.05) is 49.5 Å². The van der Waals surface area contributed by atoms with E-state index in [1.54, 1.807) is 6.07 Å². The lowest BCUT2D eigenvalue weighted by atomic mass is 10.00. The van der Waals surface area contributed by atoms with E-state index in [0.717, 1.165) is 27.9 Å². The third-order valence-corrected chi connectivity index (χ3v) is 4.23. The Balaban J connectivity index is 1.84. The molecule has 0 aliphatic carbocycles. The number of H-pyrrole nitrogens is 1. The van der Waals surface area contributed by atoms with Crippen molar-refractivity contribution < 1.29 is 0 Å². The molecule has 0 bridgehead atoms. The first-order chi connectivity index (χ1) is 11.5. The van der Waals surface area contributed by atoms with Gasteiger partial charge in [-0.05, 0) is 37.1 Å². The van der Waals surface area contributed by atoms with E-state index in [0.29, 0.717) is 12.5 Å². The predicted molar refractivity (Wildman–Crippen MR) is 98.0 cm³/mol. The van der Waals surface area contributed by atoms with Gasteiger partial charge < -0.3 is 10.3 Å². The maximum Gasteiger partial charge on any atom is 0.189 e. The quantitative estimate of drug-likeness (QED) is 0.753. The molecule has 0 aliphatic heterocycles. The number of pyridine rings is 2. The standard InChI is InChI=1S/C20H23N3O/c1-13(2)20(18-6-4-5-9-21-18)22-12-15-11-19(24)16-10-14(3)7-8-17(16)23-15/h4-11,13,20,22H,12H2,1-3H3,(H,23,24)/t20-/m1/s1. The lowest BCUT2D eigenvalue weighted by Gasteiger charge is -2.22. The van der Waals surface area contributed by atoms with Crippen LogP contribution in [0.5, 0.6) is 0 Å². The van der Waals surface area contributed by atoms with Crippen LogP contribution in [-0.4, -0.2) is 9.97 Å². The molecule has 0 amide bonds. The van der Waals surface area contributed by atoms with Crippen LogP contribution < -0.4 is 10.7 Å². The first-order valence-electron chi connectivity index (χ1n) is 8.31. The lowest BCUT2D eigenvalue weighted by molar-refractivity contribution is 0.400. The van der Waals surface area contributed by atoms with Crippen LogP contribution in [0.2, 0.25) is 0 Å². The first kappa shape index (κ1) is 16.4. The van der Waals surface area contributed by atoms with Crippen LogP contribution in [0, 0.1) is 12.8 Å². The molecule has 24 heavy (non-hydrogen) atoms. The van der Waals surface area contributed by atoms with E-state index in [9.17, 15) is 4.79 Å². The summed E-state index contributed by atoms with van der Waals surface area (Å²) in [6, 6.07) is 13.7. The summed E-state index contributed by atoms with van der Waals surface area (Å²) in [6.45, 7) is 6.92. The Morgan fingerprint density at radius 1 is 1.17 bits per heavy atom. The van der Waals surface area contributed by atoms with Crippen molar-refractivity contribution >= 4 is 10.9 Å². The average molecular weight is 321 g/mol. The summed E-state index contributed by atoms with van der Waals surface area (Å²) in [5, 5.41) is 4.26. The molecule has 0 saturated carbocycles. The van der Waals surface area contributed by atoms with Gasteiger partial charge in [0.25, 0.3) is 0 Å². The number of nitrogens with zero attached hydrogens (tertiary/aromatic N) is 1. The smallest absolute Gasteiger partial charge is 0.189 e. The Kier molecular flexibility index (Phi) is 4.76. The number of aromatic nitrogens is 2. The molecule has 0 fully saturated rings. The molecule has 124 valence electrons. The van der Waals surface area contributed by atoms with Crippen molar-refractivity contribution in [2.75, 3.05) is 0 Å². The number of benzene rings is 1. The summed E-state index contributed by atoms with van der Waals surface area (Å²) >= 11 is 0. The zero-order valence-corrected chi connectivity index (χ0v) is 14.3. The van der Waals surface area contributed by atoms with Crippen LogP contribution in [0.4, 0.5) is 0 Å². The van der Waals surface area contributed by atoms with Gasteiger partial charge in [0.2, 0.25) is 0 Å². The lowest BCUT2D eigenvalue weighted by Crippen LogP contribution is -2.27. The van der Waals surface area contributed by atoms with E-state index in [-0.39, 0.29) is 11.5 Å². The SMILES string of the molecule is Cc1ccc2[nH]c(CN[C@@H](c3ccccn3)C(C)C)cc(=O)c2c1. The van der Waals surface area contributed by atoms with Crippen LogP contribution >= 0.6 is 0 Å². The van der Waals surface area contributed by atoms with Crippen LogP contribution in [0.3, 0.4) is 0 Å². The molecular weight excluding hydrogens is 298 g/mol. The summed E-state index contributed by atoms with van der Waals surface area (Å²) < 4.78 is 0. The van der Waals surface area contributed by atoms with Gasteiger partial charge in [0.1, 0.15) is 0 Å². The van der Waals surface area contributed by atoms with Gasteiger partial charge in [-0.25, -0.2) is 0 Å². The first-order valence-corrected chi connectivity index (χ1v) is 8.31. The van der Waals surface area contributed by atoms with E-state index < -0.39 is 0 Å². The Morgan fingerprint density at radius 2 is 2.00 bits per heavy atom. The van der Waals surface area contributed by atoms with Gasteiger partial charge >= 0.3 is 0 Å². The van der Waals surface area contributed by atoms with E-state index in [4.69, 9.17) is 0 Å². The summed E-state index contributed by atoms with van der Waals surface area (Å²) in [4.78, 5) is 20.2. The maximum atomic E-state index is 12.3. The average Bonchev–Trinajstić information content (AvgIpc) is 2.56. The molecule has 0 aliphatic rings. The number of nitrogens with one attached hydrogen (secondary N) is 2. The predicted octanol–water partition coefficient (Wildman–Crippen LogP) is 3.72. The Morgan fingerprint density at radius 3 is 2.71 bits per heavy atom. The molecule has 0 radical (unpaired) electrons. The molecular formula is C20H23N3O. The van der Waals surface area contributed by atoms with Crippen molar-refractivity contribution in [1.82, 2.24) is 15.3 Å². The van der Waals surface area contributed by atoms with Gasteiger partial charge in [0.15, 0.2) is 5.43 Å². The van der Waals surface area contributed by atoms with Crippen molar-refractivity contribution in [3.63, 3.8) is 0 Å². The molecule has 0 unspecified atom stereocenters. The van der Waals surface area contributed by atoms with Gasteiger partial charge in [-0.15, -0.1) is 0 Å². The molecule has 4 nitrogen and oxygen atoms in total. The second kappa shape index (κ2) is 6.97. The molecule has 0 saturated heterocycles. The second-order valence-corrected chi connectivity index (χ2v) is 6.57. The highest BCUT2D eigenvalue weighted by atomic mass is 16.1. The van der Waals surface area contributed by atoms with E-state index in [2.05, 4.69) is 29.1 Å². The fourth-order valence-corrected chi connectivity index (χ4v) is 2.97. The summed E-state index contributed by atoms with van der Waals surface area (Å²) in [7, 11) is 0. The van der Waals surface area contributed by atoms with Crippen molar-refractivity contribution in [3.8, 4) is 0 Å². The molecule has 2 heterocycles. The number of aryl methyl sites for hydroxylation is 1. The Labute approximate surface area is 142 Å². The van der Waals surface area contributed by atoms with Gasteiger partial charge in [-0.1, -0.05) is 31.5 Å². The van der Waals surface area contributed by atoms with Crippen LogP contribution in [0.25, 0.3) is 10.9 Å². The Bertz CT molecular complexity index is 884. The molecule has 3 aromatic rings. The largest absolute Gasteiger partial charge is 0.357 e. The van der Waals surface area contributed by atoms with Gasteiger partial charge in [-0.3, -0.25) is 9.78 Å². The highest BCUT2D eigenvalue weighted by Crippen LogP contribution is 2.20. The van der Waals surface area contributed by atoms with Gasteiger partial charge in [0.05, 0.1) is 11.7 Å². The minimum absolute atomic E-state index is 0.0585. The van der Waals surface area contributed by atoms with Gasteiger partial charge in [0, 0.05) is 35.4 Å². The van der Waals surface area contributed by atoms with Crippen LogP contribution in [0.1, 0.15) is 36.8 Å². The normalized spacial score (nSPS) is 12.7. The maximum absolute atomic E-state index is 12.3. The van der Waals surface area contributed by atoms with Gasteiger partial charge in [-0.2, -0.15) is 0 Å². The highest BCUT2D eigenvalue weighted by Gasteiger charge is 2.16. The molecule has 1 aromatic carbocycles. The van der Waals surface area contributed by atoms with Crippen molar-refractivity contribution in [2.45, 2.75) is 33.4 Å². The summed E-state index contributed by atoms with van der Waals surface area (Å²) in [6.07, 6.45) is 1.81. The topological polar surface area (TPSA) is 57.8 Å². The molecule has 1 atom stereocenters. The number of hydrogen-bond acceptors (Lipinski definition) is 3. The Hall–Kier alpha value is -2.46. The fraction of sp³-hybridized carbons (Fsp3) is 0.300. The molecule has 2 N–H and O–H groups in total. The monoisotopic (exact) mass is 321 g/mol. The molecule has 2 aromatic heterocycles. The van der Waals surface area contributed by atoms with E-state index >= 15 is 0 Å². The number of aromatic amines is 1. The minimum atomic E-state index is 0.0585.